The maximum Gasteiger partial charge on any atom is 0.314 e. The molecule has 0 aliphatic heterocycles. The summed E-state index contributed by atoms with van der Waals surface area (Å²) in [5, 5.41) is 14.9. The molecule has 1 aliphatic rings. The Bertz CT molecular complexity index is 470. The van der Waals surface area contributed by atoms with Gasteiger partial charge in [-0.05, 0) is 42.6 Å². The molecule has 1 aromatic rings. The number of rotatable bonds is 8. The number of aliphatic hydroxyl groups is 1. The number of amides is 2. The second kappa shape index (κ2) is 8.92. The van der Waals surface area contributed by atoms with E-state index in [2.05, 4.69) is 34.9 Å². The highest BCUT2D eigenvalue weighted by Gasteiger charge is 2.34. The van der Waals surface area contributed by atoms with Crippen LogP contribution >= 0.6 is 0 Å². The fourth-order valence-corrected chi connectivity index (χ4v) is 3.49. The van der Waals surface area contributed by atoms with Crippen molar-refractivity contribution in [1.29, 1.82) is 0 Å². The maximum absolute atomic E-state index is 12.0. The van der Waals surface area contributed by atoms with Gasteiger partial charge in [0.05, 0.1) is 0 Å². The Labute approximate surface area is 139 Å². The number of nitrogens with one attached hydrogen (secondary N) is 2. The summed E-state index contributed by atoms with van der Waals surface area (Å²) in [5.74, 6) is 0.301. The highest BCUT2D eigenvalue weighted by molar-refractivity contribution is 5.73. The molecule has 0 spiro atoms. The van der Waals surface area contributed by atoms with E-state index in [-0.39, 0.29) is 18.1 Å². The van der Waals surface area contributed by atoms with Crippen LogP contribution in [0.3, 0.4) is 0 Å². The summed E-state index contributed by atoms with van der Waals surface area (Å²) in [5.41, 5.74) is 1.56. The van der Waals surface area contributed by atoms with Gasteiger partial charge in [0.15, 0.2) is 0 Å². The van der Waals surface area contributed by atoms with Crippen molar-refractivity contribution in [2.24, 2.45) is 11.3 Å². The number of hydrogen-bond donors (Lipinski definition) is 3. The molecule has 2 amide bonds. The van der Waals surface area contributed by atoms with Crippen molar-refractivity contribution in [2.75, 3.05) is 19.7 Å². The Balaban J connectivity index is 1.81. The third-order valence-corrected chi connectivity index (χ3v) is 4.94. The van der Waals surface area contributed by atoms with Crippen LogP contribution in [-0.4, -0.2) is 30.8 Å². The van der Waals surface area contributed by atoms with Crippen molar-refractivity contribution < 1.29 is 9.90 Å². The summed E-state index contributed by atoms with van der Waals surface area (Å²) < 4.78 is 0. The van der Waals surface area contributed by atoms with E-state index in [1.54, 1.807) is 0 Å². The van der Waals surface area contributed by atoms with Gasteiger partial charge in [-0.3, -0.25) is 0 Å². The Hall–Kier alpha value is -1.55. The number of carbonyl (C=O) groups excluding carboxylic acids is 1. The van der Waals surface area contributed by atoms with Gasteiger partial charge in [0, 0.05) is 19.7 Å². The zero-order valence-corrected chi connectivity index (χ0v) is 14.2. The number of benzene rings is 1. The molecule has 1 aliphatic carbocycles. The zero-order valence-electron chi connectivity index (χ0n) is 14.2. The fraction of sp³-hybridized carbons (Fsp3) is 0.632. The predicted molar refractivity (Wildman–Crippen MR) is 93.3 cm³/mol. The first-order chi connectivity index (χ1) is 11.1. The van der Waals surface area contributed by atoms with Crippen molar-refractivity contribution in [1.82, 2.24) is 10.6 Å². The van der Waals surface area contributed by atoms with Crippen LogP contribution in [0.5, 0.6) is 0 Å². The minimum absolute atomic E-state index is 0.0888. The predicted octanol–water partition coefficient (Wildman–Crippen LogP) is 3.11. The van der Waals surface area contributed by atoms with Gasteiger partial charge in [0.1, 0.15) is 0 Å². The quantitative estimate of drug-likeness (QED) is 0.690. The topological polar surface area (TPSA) is 61.4 Å². The molecule has 4 heteroatoms. The molecule has 128 valence electrons. The monoisotopic (exact) mass is 318 g/mol. The van der Waals surface area contributed by atoms with Crippen molar-refractivity contribution in [3.8, 4) is 0 Å². The average molecular weight is 318 g/mol. The zero-order chi connectivity index (χ0) is 16.5. The first kappa shape index (κ1) is 17.8. The lowest BCUT2D eigenvalue weighted by Gasteiger charge is -2.29. The molecule has 0 aromatic heterocycles. The molecule has 1 atom stereocenters. The third kappa shape index (κ3) is 5.87. The van der Waals surface area contributed by atoms with Crippen LogP contribution in [0.15, 0.2) is 30.3 Å². The van der Waals surface area contributed by atoms with Gasteiger partial charge in [-0.25, -0.2) is 4.79 Å². The Morgan fingerprint density at radius 2 is 1.91 bits per heavy atom. The molecule has 3 N–H and O–H groups in total. The molecule has 23 heavy (non-hydrogen) atoms. The molecule has 1 unspecified atom stereocenters. The van der Waals surface area contributed by atoms with Crippen LogP contribution in [-0.2, 0) is 6.42 Å². The minimum atomic E-state index is -0.0888. The van der Waals surface area contributed by atoms with Crippen LogP contribution in [0.25, 0.3) is 0 Å². The molecule has 0 bridgehead atoms. The summed E-state index contributed by atoms with van der Waals surface area (Å²) in [4.78, 5) is 12.0. The summed E-state index contributed by atoms with van der Waals surface area (Å²) >= 11 is 0. The Morgan fingerprint density at radius 3 is 2.57 bits per heavy atom. The molecule has 1 fully saturated rings. The normalized spacial score (nSPS) is 17.7. The first-order valence-corrected chi connectivity index (χ1v) is 8.80. The van der Waals surface area contributed by atoms with Gasteiger partial charge in [0.2, 0.25) is 0 Å². The number of aliphatic hydroxyl groups excluding tert-OH is 1. The maximum atomic E-state index is 12.0. The van der Waals surface area contributed by atoms with E-state index in [1.165, 1.54) is 31.2 Å². The van der Waals surface area contributed by atoms with E-state index in [1.807, 2.05) is 13.0 Å². The van der Waals surface area contributed by atoms with Crippen molar-refractivity contribution >= 4 is 6.03 Å². The van der Waals surface area contributed by atoms with Crippen molar-refractivity contribution in [2.45, 2.75) is 45.4 Å². The molecular weight excluding hydrogens is 288 g/mol. The molecule has 0 heterocycles. The lowest BCUT2D eigenvalue weighted by atomic mass is 9.80. The van der Waals surface area contributed by atoms with Crippen LogP contribution in [0, 0.1) is 11.3 Å². The summed E-state index contributed by atoms with van der Waals surface area (Å²) in [7, 11) is 0. The average Bonchev–Trinajstić information content (AvgIpc) is 3.01. The molecule has 4 nitrogen and oxygen atoms in total. The number of hydrogen-bond acceptors (Lipinski definition) is 2. The smallest absolute Gasteiger partial charge is 0.314 e. The first-order valence-electron chi connectivity index (χ1n) is 8.80. The van der Waals surface area contributed by atoms with Gasteiger partial charge >= 0.3 is 6.03 Å². The minimum Gasteiger partial charge on any atom is -0.396 e. The Morgan fingerprint density at radius 1 is 1.22 bits per heavy atom. The van der Waals surface area contributed by atoms with Crippen LogP contribution < -0.4 is 10.6 Å². The van der Waals surface area contributed by atoms with Gasteiger partial charge in [-0.1, -0.05) is 50.1 Å². The van der Waals surface area contributed by atoms with Gasteiger partial charge in [-0.15, -0.1) is 0 Å². The van der Waals surface area contributed by atoms with Gasteiger partial charge in [-0.2, -0.15) is 0 Å². The molecule has 0 saturated heterocycles. The van der Waals surface area contributed by atoms with E-state index in [0.29, 0.717) is 12.5 Å². The van der Waals surface area contributed by atoms with E-state index in [0.717, 1.165) is 19.4 Å². The standard InChI is InChI=1S/C19H30N2O2/c1-16(9-12-22)14-20-18(23)21-15-19(10-5-6-11-19)13-17-7-3-2-4-8-17/h2-4,7-8,16,22H,5-6,9-15H2,1H3,(H2,20,21,23). The highest BCUT2D eigenvalue weighted by Crippen LogP contribution is 2.40. The van der Waals surface area contributed by atoms with Crippen molar-refractivity contribution in [3.63, 3.8) is 0 Å². The van der Waals surface area contributed by atoms with Crippen molar-refractivity contribution in [3.05, 3.63) is 35.9 Å². The SMILES string of the molecule is CC(CCO)CNC(=O)NCC1(Cc2ccccc2)CCCC1. The van der Waals surface area contributed by atoms with Crippen LogP contribution in [0.2, 0.25) is 0 Å². The molecular formula is C19H30N2O2. The Kier molecular flexibility index (Phi) is 6.90. The molecule has 1 saturated carbocycles. The summed E-state index contributed by atoms with van der Waals surface area (Å²) in [6, 6.07) is 10.5. The lowest BCUT2D eigenvalue weighted by Crippen LogP contribution is -2.43. The van der Waals surface area contributed by atoms with Crippen LogP contribution in [0.4, 0.5) is 4.79 Å². The third-order valence-electron chi connectivity index (χ3n) is 4.94. The van der Waals surface area contributed by atoms with E-state index in [4.69, 9.17) is 5.11 Å². The molecule has 2 rings (SSSR count). The van der Waals surface area contributed by atoms with Crippen LogP contribution in [0.1, 0.15) is 44.6 Å². The van der Waals surface area contributed by atoms with Gasteiger partial charge in [0.25, 0.3) is 0 Å². The summed E-state index contributed by atoms with van der Waals surface area (Å²) in [6.07, 6.45) is 6.63. The number of urea groups is 1. The lowest BCUT2D eigenvalue weighted by molar-refractivity contribution is 0.222. The number of carbonyl (C=O) groups is 1. The summed E-state index contributed by atoms with van der Waals surface area (Å²) in [6.45, 7) is 3.55. The molecule has 0 radical (unpaired) electrons. The van der Waals surface area contributed by atoms with Gasteiger partial charge < -0.3 is 15.7 Å². The largest absolute Gasteiger partial charge is 0.396 e. The second-order valence-electron chi connectivity index (χ2n) is 7.05. The second-order valence-corrected chi connectivity index (χ2v) is 7.05. The highest BCUT2D eigenvalue weighted by atomic mass is 16.3. The van der Waals surface area contributed by atoms with E-state index >= 15 is 0 Å². The van der Waals surface area contributed by atoms with E-state index < -0.39 is 0 Å². The van der Waals surface area contributed by atoms with E-state index in [9.17, 15) is 4.79 Å². The fourth-order valence-electron chi connectivity index (χ4n) is 3.49. The molecule has 1 aromatic carbocycles.